The maximum Gasteiger partial charge on any atom is 0.137 e. The van der Waals surface area contributed by atoms with E-state index in [4.69, 9.17) is 4.74 Å². The van der Waals surface area contributed by atoms with Gasteiger partial charge in [-0.3, -0.25) is 0 Å². The second-order valence-corrected chi connectivity index (χ2v) is 6.54. The van der Waals surface area contributed by atoms with Gasteiger partial charge in [-0.15, -0.1) is 0 Å². The molecule has 2 heterocycles. The zero-order valence-electron chi connectivity index (χ0n) is 15.1. The van der Waals surface area contributed by atoms with Gasteiger partial charge in [-0.05, 0) is 37.2 Å². The quantitative estimate of drug-likeness (QED) is 0.715. The summed E-state index contributed by atoms with van der Waals surface area (Å²) in [6, 6.07) is 8.29. The first-order valence-corrected chi connectivity index (χ1v) is 8.78. The summed E-state index contributed by atoms with van der Waals surface area (Å²) in [6.45, 7) is 10.6. The van der Waals surface area contributed by atoms with Gasteiger partial charge < -0.3 is 25.3 Å². The lowest BCUT2D eigenvalue weighted by Gasteiger charge is -2.33. The molecule has 1 aliphatic heterocycles. The van der Waals surface area contributed by atoms with E-state index >= 15 is 0 Å². The van der Waals surface area contributed by atoms with E-state index in [0.717, 1.165) is 48.3 Å². The van der Waals surface area contributed by atoms with E-state index < -0.39 is 0 Å². The molecule has 26 heavy (non-hydrogen) atoms. The summed E-state index contributed by atoms with van der Waals surface area (Å²) in [5.74, 6) is 1.41. The van der Waals surface area contributed by atoms with Crippen molar-refractivity contribution in [2.45, 2.75) is 25.4 Å². The number of hydrogen-bond acceptors (Lipinski definition) is 5. The summed E-state index contributed by atoms with van der Waals surface area (Å²) < 4.78 is 5.27. The fraction of sp³-hybridized carbons (Fsp3) is 0.350. The molecule has 3 rings (SSSR count). The highest BCUT2D eigenvalue weighted by Crippen LogP contribution is 2.25. The van der Waals surface area contributed by atoms with Crippen molar-refractivity contribution >= 4 is 10.9 Å². The summed E-state index contributed by atoms with van der Waals surface area (Å²) in [4.78, 5) is 5.57. The van der Waals surface area contributed by atoms with Crippen molar-refractivity contribution in [3.63, 3.8) is 0 Å². The molecule has 1 aromatic heterocycles. The zero-order valence-corrected chi connectivity index (χ0v) is 15.1. The summed E-state index contributed by atoms with van der Waals surface area (Å²) in [5.41, 5.74) is 2.47. The second-order valence-electron chi connectivity index (χ2n) is 6.54. The van der Waals surface area contributed by atoms with Crippen molar-refractivity contribution in [1.82, 2.24) is 20.5 Å². The van der Waals surface area contributed by atoms with Crippen LogP contribution in [0.3, 0.4) is 0 Å². The molecule has 6 heteroatoms. The molecular weight excluding hydrogens is 326 g/mol. The van der Waals surface area contributed by atoms with Gasteiger partial charge in [0.25, 0.3) is 0 Å². The Hall–Kier alpha value is -3.07. The Kier molecular flexibility index (Phi) is 5.37. The number of hydrogen-bond donors (Lipinski definition) is 3. The molecule has 1 saturated heterocycles. The largest absolute Gasteiger partial charge is 0.495 e. The van der Waals surface area contributed by atoms with Crippen LogP contribution in [0.4, 0.5) is 0 Å². The Balaban J connectivity index is 1.60. The maximum atomic E-state index is 9.20. The molecule has 0 bridgehead atoms. The van der Waals surface area contributed by atoms with Crippen LogP contribution >= 0.6 is 0 Å². The third-order valence-electron chi connectivity index (χ3n) is 4.70. The lowest BCUT2D eigenvalue weighted by molar-refractivity contribution is 0.259. The van der Waals surface area contributed by atoms with Crippen molar-refractivity contribution in [3.05, 3.63) is 54.6 Å². The van der Waals surface area contributed by atoms with Crippen molar-refractivity contribution in [3.8, 4) is 11.8 Å². The van der Waals surface area contributed by atoms with Crippen LogP contribution in [0.15, 0.2) is 43.4 Å². The fourth-order valence-electron chi connectivity index (χ4n) is 3.36. The number of rotatable bonds is 7. The molecule has 0 amide bonds. The monoisotopic (exact) mass is 351 g/mol. The maximum absolute atomic E-state index is 9.20. The Bertz CT molecular complexity index is 848. The smallest absolute Gasteiger partial charge is 0.137 e. The van der Waals surface area contributed by atoms with Crippen LogP contribution in [0.5, 0.6) is 5.75 Å². The number of H-pyrrole nitrogens is 1. The number of methoxy groups -OCH3 is 1. The topological polar surface area (TPSA) is 76.1 Å². The van der Waals surface area contributed by atoms with Crippen LogP contribution in [0.2, 0.25) is 0 Å². The number of likely N-dealkylation sites (tertiary alicyclic amines) is 1. The van der Waals surface area contributed by atoms with Crippen molar-refractivity contribution in [2.75, 3.05) is 20.2 Å². The van der Waals surface area contributed by atoms with Gasteiger partial charge >= 0.3 is 0 Å². The number of fused-ring (bicyclic) bond motifs is 1. The number of piperidine rings is 1. The highest BCUT2D eigenvalue weighted by atomic mass is 16.5. The normalized spacial score (nSPS) is 16.8. The molecule has 0 aliphatic carbocycles. The molecule has 1 fully saturated rings. The third-order valence-corrected chi connectivity index (χ3v) is 4.70. The van der Waals surface area contributed by atoms with Gasteiger partial charge in [-0.1, -0.05) is 13.2 Å². The predicted molar refractivity (Wildman–Crippen MR) is 103 cm³/mol. The highest BCUT2D eigenvalue weighted by molar-refractivity contribution is 5.84. The first-order chi connectivity index (χ1) is 12.6. The summed E-state index contributed by atoms with van der Waals surface area (Å²) in [5, 5.41) is 17.0. The molecule has 136 valence electrons. The molecule has 0 saturated carbocycles. The van der Waals surface area contributed by atoms with Crippen LogP contribution in [0.25, 0.3) is 10.9 Å². The van der Waals surface area contributed by atoms with Crippen LogP contribution in [-0.4, -0.2) is 36.1 Å². The number of aromatic amines is 1. The van der Waals surface area contributed by atoms with E-state index in [1.165, 1.54) is 0 Å². The first-order valence-electron chi connectivity index (χ1n) is 8.78. The van der Waals surface area contributed by atoms with E-state index in [-0.39, 0.29) is 0 Å². The number of ether oxygens (including phenoxy) is 1. The van der Waals surface area contributed by atoms with E-state index in [9.17, 15) is 5.26 Å². The van der Waals surface area contributed by atoms with Gasteiger partial charge in [-0.25, -0.2) is 0 Å². The van der Waals surface area contributed by atoms with Crippen LogP contribution in [0, 0.1) is 11.3 Å². The molecule has 1 aromatic carbocycles. The third kappa shape index (κ3) is 3.94. The molecule has 2 aromatic rings. The second kappa shape index (κ2) is 7.87. The number of nitriles is 1. The lowest BCUT2D eigenvalue weighted by atomic mass is 10.1. The minimum Gasteiger partial charge on any atom is -0.495 e. The average molecular weight is 351 g/mol. The molecule has 1 unspecified atom stereocenters. The minimum absolute atomic E-state index is 0.381. The van der Waals surface area contributed by atoms with Gasteiger partial charge in [0.15, 0.2) is 0 Å². The molecule has 1 atom stereocenters. The Morgan fingerprint density at radius 2 is 2.35 bits per heavy atom. The van der Waals surface area contributed by atoms with E-state index in [1.54, 1.807) is 7.11 Å². The molecule has 3 N–H and O–H groups in total. The van der Waals surface area contributed by atoms with E-state index in [2.05, 4.69) is 45.8 Å². The Labute approximate surface area is 154 Å². The zero-order chi connectivity index (χ0) is 18.5. The van der Waals surface area contributed by atoms with E-state index in [0.29, 0.717) is 23.9 Å². The van der Waals surface area contributed by atoms with Gasteiger partial charge in [0, 0.05) is 35.7 Å². The number of benzene rings is 1. The summed E-state index contributed by atoms with van der Waals surface area (Å²) >= 11 is 0. The van der Waals surface area contributed by atoms with Crippen LogP contribution in [0.1, 0.15) is 24.1 Å². The molecule has 6 nitrogen and oxygen atoms in total. The highest BCUT2D eigenvalue weighted by Gasteiger charge is 2.17. The fourth-order valence-corrected chi connectivity index (χ4v) is 3.36. The standard InChI is InChI=1S/C20H25N5O/c1-4-25-7-5-6-17(13-25)23-14(2)22-12-18-8-15-10-20(26-3)16(11-21)9-19(15)24-18/h4,8-10,17,22-24H,1-2,5-7,12-13H2,3H3. The number of aromatic nitrogens is 1. The molecular formula is C20H25N5O. The summed E-state index contributed by atoms with van der Waals surface area (Å²) in [6.07, 6.45) is 4.19. The summed E-state index contributed by atoms with van der Waals surface area (Å²) in [7, 11) is 1.57. The molecule has 0 radical (unpaired) electrons. The first kappa shape index (κ1) is 17.7. The SMILES string of the molecule is C=CN1CCCC(NC(=C)NCc2cc3cc(OC)c(C#N)cc3[nH]2)C1. The average Bonchev–Trinajstić information content (AvgIpc) is 3.07. The number of nitrogens with one attached hydrogen (secondary N) is 3. The van der Waals surface area contributed by atoms with Crippen molar-refractivity contribution in [1.29, 1.82) is 5.26 Å². The van der Waals surface area contributed by atoms with Crippen molar-refractivity contribution in [2.24, 2.45) is 0 Å². The van der Waals surface area contributed by atoms with Gasteiger partial charge in [0.2, 0.25) is 0 Å². The van der Waals surface area contributed by atoms with Crippen molar-refractivity contribution < 1.29 is 4.74 Å². The Morgan fingerprint density at radius 3 is 3.08 bits per heavy atom. The number of nitrogens with zero attached hydrogens (tertiary/aromatic N) is 2. The van der Waals surface area contributed by atoms with Crippen LogP contribution < -0.4 is 15.4 Å². The van der Waals surface area contributed by atoms with Gasteiger partial charge in [0.05, 0.1) is 25.0 Å². The Morgan fingerprint density at radius 1 is 1.50 bits per heavy atom. The lowest BCUT2D eigenvalue weighted by Crippen LogP contribution is -2.44. The minimum atomic E-state index is 0.381. The van der Waals surface area contributed by atoms with Gasteiger partial charge in [-0.2, -0.15) is 5.26 Å². The molecule has 0 spiro atoms. The molecule has 1 aliphatic rings. The van der Waals surface area contributed by atoms with Crippen LogP contribution in [-0.2, 0) is 6.54 Å². The van der Waals surface area contributed by atoms with Gasteiger partial charge in [0.1, 0.15) is 11.8 Å². The van der Waals surface area contributed by atoms with E-state index in [1.807, 2.05) is 18.3 Å². The predicted octanol–water partition coefficient (Wildman–Crippen LogP) is 2.81.